The minimum atomic E-state index is -4.16. The number of carbonyl (C=O) groups excluding carboxylic acids is 1. The van der Waals surface area contributed by atoms with Gasteiger partial charge in [0.05, 0.1) is 6.61 Å². The van der Waals surface area contributed by atoms with Crippen LogP contribution < -0.4 is 10.6 Å². The number of rotatable bonds is 4. The summed E-state index contributed by atoms with van der Waals surface area (Å²) in [4.78, 5) is 11.4. The normalized spacial score (nSPS) is 20.5. The van der Waals surface area contributed by atoms with Crippen LogP contribution in [0.3, 0.4) is 0 Å². The molecule has 1 fully saturated rings. The Kier molecular flexibility index (Phi) is 7.49. The highest BCUT2D eigenvalue weighted by molar-refractivity contribution is 5.85. The van der Waals surface area contributed by atoms with Gasteiger partial charge in [0.25, 0.3) is 0 Å². The van der Waals surface area contributed by atoms with E-state index >= 15 is 0 Å². The summed E-state index contributed by atoms with van der Waals surface area (Å²) in [5, 5.41) is 5.39. The average molecular weight is 277 g/mol. The lowest BCUT2D eigenvalue weighted by molar-refractivity contribution is -0.138. The molecular formula is C9H16ClF3N2O2. The fourth-order valence-corrected chi connectivity index (χ4v) is 1.35. The van der Waals surface area contributed by atoms with Gasteiger partial charge in [-0.15, -0.1) is 12.4 Å². The molecule has 4 nitrogen and oxygen atoms in total. The highest BCUT2D eigenvalue weighted by atomic mass is 35.5. The smallest absolute Gasteiger partial charge is 0.366 e. The summed E-state index contributed by atoms with van der Waals surface area (Å²) in [6, 6.07) is 0. The molecule has 1 unspecified atom stereocenters. The van der Waals surface area contributed by atoms with Crippen LogP contribution in [0.2, 0.25) is 0 Å². The average Bonchev–Trinajstić information content (AvgIpc) is 2.24. The van der Waals surface area contributed by atoms with Crippen LogP contribution in [0.1, 0.15) is 12.8 Å². The molecule has 1 aliphatic rings. The van der Waals surface area contributed by atoms with Gasteiger partial charge >= 0.3 is 6.18 Å². The van der Waals surface area contributed by atoms with Crippen LogP contribution in [0.25, 0.3) is 0 Å². The summed E-state index contributed by atoms with van der Waals surface area (Å²) in [7, 11) is 0. The van der Waals surface area contributed by atoms with Crippen molar-refractivity contribution >= 4 is 18.3 Å². The molecule has 1 amide bonds. The second kappa shape index (κ2) is 7.73. The lowest BCUT2D eigenvalue weighted by atomic mass is 10.2. The first kappa shape index (κ1) is 16.5. The van der Waals surface area contributed by atoms with Crippen molar-refractivity contribution in [3.8, 4) is 0 Å². The fourth-order valence-electron chi connectivity index (χ4n) is 1.35. The Morgan fingerprint density at radius 2 is 2.18 bits per heavy atom. The molecule has 0 aromatic heterocycles. The third-order valence-electron chi connectivity index (χ3n) is 2.16. The molecule has 17 heavy (non-hydrogen) atoms. The molecule has 0 aromatic carbocycles. The maximum atomic E-state index is 11.8. The van der Waals surface area contributed by atoms with E-state index in [0.717, 1.165) is 0 Å². The Hall–Kier alpha value is -0.530. The lowest BCUT2D eigenvalue weighted by Gasteiger charge is -2.22. The first-order valence-electron chi connectivity index (χ1n) is 5.16. The van der Waals surface area contributed by atoms with Gasteiger partial charge in [-0.1, -0.05) is 0 Å². The van der Waals surface area contributed by atoms with E-state index < -0.39 is 18.7 Å². The number of carbonyl (C=O) groups is 1. The Morgan fingerprint density at radius 1 is 1.47 bits per heavy atom. The zero-order valence-electron chi connectivity index (χ0n) is 9.18. The van der Waals surface area contributed by atoms with Crippen molar-refractivity contribution in [2.75, 3.05) is 26.2 Å². The van der Waals surface area contributed by atoms with Gasteiger partial charge in [0, 0.05) is 26.1 Å². The molecule has 2 N–H and O–H groups in total. The second-order valence-corrected chi connectivity index (χ2v) is 3.57. The molecule has 1 heterocycles. The predicted molar refractivity (Wildman–Crippen MR) is 58.2 cm³/mol. The lowest BCUT2D eigenvalue weighted by Crippen LogP contribution is -2.48. The van der Waals surface area contributed by atoms with Crippen LogP contribution >= 0.6 is 12.4 Å². The van der Waals surface area contributed by atoms with Gasteiger partial charge < -0.3 is 15.4 Å². The largest absolute Gasteiger partial charge is 0.389 e. The topological polar surface area (TPSA) is 50.4 Å². The minimum absolute atomic E-state index is 0. The SMILES string of the molecule is Cl.O=C(NCCCC(F)(F)F)C1CNCCO1. The molecule has 0 aromatic rings. The van der Waals surface area contributed by atoms with Crippen LogP contribution in [-0.2, 0) is 9.53 Å². The number of nitrogens with one attached hydrogen (secondary N) is 2. The van der Waals surface area contributed by atoms with Gasteiger partial charge in [-0.25, -0.2) is 0 Å². The summed E-state index contributed by atoms with van der Waals surface area (Å²) >= 11 is 0. The molecule has 8 heteroatoms. The van der Waals surface area contributed by atoms with E-state index in [9.17, 15) is 18.0 Å². The summed E-state index contributed by atoms with van der Waals surface area (Å²) in [5.74, 6) is -0.352. The van der Waals surface area contributed by atoms with Crippen LogP contribution in [0, 0.1) is 0 Å². The summed E-state index contributed by atoms with van der Waals surface area (Å²) in [5.41, 5.74) is 0. The number of alkyl halides is 3. The van der Waals surface area contributed by atoms with Crippen molar-refractivity contribution in [3.05, 3.63) is 0 Å². The fraction of sp³-hybridized carbons (Fsp3) is 0.889. The monoisotopic (exact) mass is 276 g/mol. The standard InChI is InChI=1S/C9H15F3N2O2.ClH/c10-9(11,12)2-1-3-14-8(15)7-6-13-4-5-16-7;/h7,13H,1-6H2,(H,14,15);1H. The number of hydrogen-bond donors (Lipinski definition) is 2. The molecule has 0 radical (unpaired) electrons. The van der Waals surface area contributed by atoms with E-state index in [2.05, 4.69) is 10.6 Å². The van der Waals surface area contributed by atoms with E-state index in [4.69, 9.17) is 4.74 Å². The van der Waals surface area contributed by atoms with Crippen molar-refractivity contribution in [2.45, 2.75) is 25.1 Å². The molecule has 0 saturated carbocycles. The first-order valence-corrected chi connectivity index (χ1v) is 5.16. The predicted octanol–water partition coefficient (Wildman–Crippen LogP) is 0.855. The number of amides is 1. The van der Waals surface area contributed by atoms with E-state index in [1.807, 2.05) is 0 Å². The molecule has 0 spiro atoms. The van der Waals surface area contributed by atoms with Gasteiger partial charge in [0.2, 0.25) is 5.91 Å². The zero-order chi connectivity index (χ0) is 12.0. The Labute approximate surface area is 104 Å². The molecule has 0 bridgehead atoms. The van der Waals surface area contributed by atoms with E-state index in [1.54, 1.807) is 0 Å². The van der Waals surface area contributed by atoms with Gasteiger partial charge in [-0.05, 0) is 6.42 Å². The van der Waals surface area contributed by atoms with Crippen LogP contribution in [0.15, 0.2) is 0 Å². The molecule has 102 valence electrons. The molecule has 1 atom stereocenters. The molecular weight excluding hydrogens is 261 g/mol. The number of halogens is 4. The third kappa shape index (κ3) is 7.40. The number of morpholine rings is 1. The van der Waals surface area contributed by atoms with Crippen molar-refractivity contribution in [1.29, 1.82) is 0 Å². The quantitative estimate of drug-likeness (QED) is 0.749. The molecule has 1 rings (SSSR count). The number of ether oxygens (including phenoxy) is 1. The summed E-state index contributed by atoms with van der Waals surface area (Å²) < 4.78 is 40.5. The molecule has 1 aliphatic heterocycles. The highest BCUT2D eigenvalue weighted by Crippen LogP contribution is 2.20. The zero-order valence-corrected chi connectivity index (χ0v) is 10.00. The van der Waals surface area contributed by atoms with Gasteiger partial charge in [-0.2, -0.15) is 13.2 Å². The Morgan fingerprint density at radius 3 is 2.71 bits per heavy atom. The van der Waals surface area contributed by atoms with Crippen molar-refractivity contribution in [3.63, 3.8) is 0 Å². The maximum Gasteiger partial charge on any atom is 0.389 e. The molecule has 1 saturated heterocycles. The Balaban J connectivity index is 0.00000256. The van der Waals surface area contributed by atoms with E-state index in [-0.39, 0.29) is 31.3 Å². The summed E-state index contributed by atoms with van der Waals surface area (Å²) in [6.07, 6.45) is -5.72. The summed E-state index contributed by atoms with van der Waals surface area (Å²) in [6.45, 7) is 1.57. The van der Waals surface area contributed by atoms with Crippen molar-refractivity contribution in [2.24, 2.45) is 0 Å². The van der Waals surface area contributed by atoms with Crippen LogP contribution in [-0.4, -0.2) is 44.4 Å². The van der Waals surface area contributed by atoms with Gasteiger partial charge in [-0.3, -0.25) is 4.79 Å². The molecule has 0 aliphatic carbocycles. The van der Waals surface area contributed by atoms with E-state index in [1.165, 1.54) is 0 Å². The highest BCUT2D eigenvalue weighted by Gasteiger charge is 2.26. The third-order valence-corrected chi connectivity index (χ3v) is 2.16. The van der Waals surface area contributed by atoms with Crippen LogP contribution in [0.4, 0.5) is 13.2 Å². The minimum Gasteiger partial charge on any atom is -0.366 e. The van der Waals surface area contributed by atoms with Crippen molar-refractivity contribution in [1.82, 2.24) is 10.6 Å². The maximum absolute atomic E-state index is 11.8. The Bertz CT molecular complexity index is 233. The van der Waals surface area contributed by atoms with E-state index in [0.29, 0.717) is 19.7 Å². The second-order valence-electron chi connectivity index (χ2n) is 3.57. The van der Waals surface area contributed by atoms with Crippen molar-refractivity contribution < 1.29 is 22.7 Å². The van der Waals surface area contributed by atoms with Gasteiger partial charge in [0.1, 0.15) is 6.10 Å². The van der Waals surface area contributed by atoms with Crippen LogP contribution in [0.5, 0.6) is 0 Å². The first-order chi connectivity index (χ1) is 7.49. The van der Waals surface area contributed by atoms with Gasteiger partial charge in [0.15, 0.2) is 0 Å². The number of hydrogen-bond acceptors (Lipinski definition) is 3.